The van der Waals surface area contributed by atoms with Crippen molar-refractivity contribution in [1.82, 2.24) is 5.32 Å². The van der Waals surface area contributed by atoms with Gasteiger partial charge in [0.1, 0.15) is 0 Å². The maximum Gasteiger partial charge on any atom is 0.305 e. The Hall–Kier alpha value is -1.06. The molecule has 1 aliphatic carbocycles. The number of rotatable bonds is 4. The molecule has 4 nitrogen and oxygen atoms in total. The first-order valence-electron chi connectivity index (χ1n) is 4.45. The molecule has 0 spiro atoms. The maximum absolute atomic E-state index is 10.6. The van der Waals surface area contributed by atoms with Crippen LogP contribution in [0.4, 0.5) is 0 Å². The minimum atomic E-state index is -0.854. The Balaban J connectivity index is 2.66. The number of carbonyl (C=O) groups excluding carboxylic acids is 1. The molecule has 13 heavy (non-hydrogen) atoms. The molecule has 0 aromatic rings. The van der Waals surface area contributed by atoms with Gasteiger partial charge in [0.15, 0.2) is 0 Å². The molecule has 2 N–H and O–H groups in total. The fourth-order valence-electron chi connectivity index (χ4n) is 2.18. The van der Waals surface area contributed by atoms with Crippen LogP contribution < -0.4 is 5.32 Å². The van der Waals surface area contributed by atoms with E-state index >= 15 is 0 Å². The zero-order valence-electron chi connectivity index (χ0n) is 7.91. The average Bonchev–Trinajstić information content (AvgIpc) is 2.03. The Bertz CT molecular complexity index is 229. The molecule has 0 aromatic carbocycles. The molecule has 1 aliphatic rings. The summed E-state index contributed by atoms with van der Waals surface area (Å²) >= 11 is 0. The lowest BCUT2D eigenvalue weighted by Crippen LogP contribution is -2.61. The van der Waals surface area contributed by atoms with Gasteiger partial charge < -0.3 is 10.4 Å². The second kappa shape index (κ2) is 3.36. The third kappa shape index (κ3) is 1.66. The second-order valence-electron chi connectivity index (χ2n) is 3.96. The van der Waals surface area contributed by atoms with Crippen molar-refractivity contribution in [3.63, 3.8) is 0 Å². The molecule has 0 radical (unpaired) electrons. The summed E-state index contributed by atoms with van der Waals surface area (Å²) in [6.45, 7) is 4.05. The first kappa shape index (κ1) is 10.0. The van der Waals surface area contributed by atoms with E-state index in [2.05, 4.69) is 12.2 Å². The zero-order chi connectivity index (χ0) is 10.1. The predicted molar refractivity (Wildman–Crippen MR) is 47.1 cm³/mol. The Morgan fingerprint density at radius 3 is 2.62 bits per heavy atom. The van der Waals surface area contributed by atoms with E-state index in [0.717, 1.165) is 6.42 Å². The lowest BCUT2D eigenvalue weighted by atomic mass is 9.59. The molecule has 1 saturated carbocycles. The number of carboxylic acids is 1. The van der Waals surface area contributed by atoms with Gasteiger partial charge in [-0.25, -0.2) is 0 Å². The van der Waals surface area contributed by atoms with E-state index in [1.807, 2.05) is 6.92 Å². The van der Waals surface area contributed by atoms with Gasteiger partial charge in [0.05, 0.1) is 12.0 Å². The van der Waals surface area contributed by atoms with Crippen LogP contribution in [0.25, 0.3) is 0 Å². The molecule has 0 aromatic heterocycles. The molecular formula is C9H15NO3. The Morgan fingerprint density at radius 2 is 2.31 bits per heavy atom. The first-order chi connectivity index (χ1) is 6.02. The van der Waals surface area contributed by atoms with E-state index in [9.17, 15) is 9.59 Å². The summed E-state index contributed by atoms with van der Waals surface area (Å²) < 4.78 is 0. The van der Waals surface area contributed by atoms with Gasteiger partial charge in [-0.2, -0.15) is 0 Å². The van der Waals surface area contributed by atoms with Crippen LogP contribution in [0.5, 0.6) is 0 Å². The van der Waals surface area contributed by atoms with Crippen molar-refractivity contribution in [2.45, 2.75) is 32.2 Å². The van der Waals surface area contributed by atoms with Crippen molar-refractivity contribution < 1.29 is 14.7 Å². The lowest BCUT2D eigenvalue weighted by molar-refractivity contribution is -0.142. The molecule has 0 heterocycles. The topological polar surface area (TPSA) is 66.4 Å². The minimum absolute atomic E-state index is 0.0250. The second-order valence-corrected chi connectivity index (χ2v) is 3.96. The third-order valence-corrected chi connectivity index (χ3v) is 3.22. The monoisotopic (exact) mass is 185 g/mol. The number of amides is 1. The Kier molecular flexibility index (Phi) is 2.59. The smallest absolute Gasteiger partial charge is 0.305 e. The van der Waals surface area contributed by atoms with Crippen molar-refractivity contribution in [2.24, 2.45) is 11.8 Å². The maximum atomic E-state index is 10.6. The highest BCUT2D eigenvalue weighted by Gasteiger charge is 2.50. The Morgan fingerprint density at radius 1 is 1.69 bits per heavy atom. The summed E-state index contributed by atoms with van der Waals surface area (Å²) in [6.07, 6.45) is 1.39. The highest BCUT2D eigenvalue weighted by Crippen LogP contribution is 2.45. The quantitative estimate of drug-likeness (QED) is 0.631. The molecule has 3 atom stereocenters. The van der Waals surface area contributed by atoms with Gasteiger partial charge >= 0.3 is 5.97 Å². The molecule has 4 heteroatoms. The zero-order valence-corrected chi connectivity index (χ0v) is 7.91. The number of hydrogen-bond acceptors (Lipinski definition) is 2. The number of carboxylic acid groups (broad SMARTS) is 1. The van der Waals surface area contributed by atoms with Crippen LogP contribution in [0.1, 0.15) is 26.7 Å². The van der Waals surface area contributed by atoms with Gasteiger partial charge in [-0.3, -0.25) is 9.59 Å². The van der Waals surface area contributed by atoms with Crippen molar-refractivity contribution in [2.75, 3.05) is 0 Å². The summed E-state index contributed by atoms with van der Waals surface area (Å²) in [7, 11) is 0. The summed E-state index contributed by atoms with van der Waals surface area (Å²) in [4.78, 5) is 20.9. The van der Waals surface area contributed by atoms with E-state index in [1.165, 1.54) is 0 Å². The molecule has 1 fully saturated rings. The van der Waals surface area contributed by atoms with Gasteiger partial charge in [-0.15, -0.1) is 0 Å². The Labute approximate surface area is 77.3 Å². The highest BCUT2D eigenvalue weighted by molar-refractivity contribution is 5.69. The predicted octanol–water partition coefficient (Wildman–Crippen LogP) is 0.622. The summed E-state index contributed by atoms with van der Waals surface area (Å²) in [6, 6.07) is 0. The minimum Gasteiger partial charge on any atom is -0.481 e. The molecule has 0 bridgehead atoms. The van der Waals surface area contributed by atoms with Gasteiger partial charge in [-0.05, 0) is 18.3 Å². The van der Waals surface area contributed by atoms with E-state index in [0.29, 0.717) is 12.3 Å². The van der Waals surface area contributed by atoms with Gasteiger partial charge in [0.25, 0.3) is 0 Å². The number of nitrogens with one attached hydrogen (secondary N) is 1. The van der Waals surface area contributed by atoms with Crippen LogP contribution in [0.2, 0.25) is 0 Å². The van der Waals surface area contributed by atoms with E-state index in [4.69, 9.17) is 5.11 Å². The van der Waals surface area contributed by atoms with Gasteiger partial charge in [0, 0.05) is 0 Å². The fourth-order valence-corrected chi connectivity index (χ4v) is 2.18. The molecule has 3 unspecified atom stereocenters. The van der Waals surface area contributed by atoms with Crippen molar-refractivity contribution in [3.05, 3.63) is 0 Å². The van der Waals surface area contributed by atoms with E-state index in [1.54, 1.807) is 0 Å². The van der Waals surface area contributed by atoms with Crippen molar-refractivity contribution in [3.8, 4) is 0 Å². The molecule has 1 amide bonds. The largest absolute Gasteiger partial charge is 0.481 e. The molecule has 1 rings (SSSR count). The van der Waals surface area contributed by atoms with Crippen LogP contribution in [0.15, 0.2) is 0 Å². The number of carbonyl (C=O) groups is 2. The van der Waals surface area contributed by atoms with Gasteiger partial charge in [0.2, 0.25) is 6.41 Å². The number of aliphatic carboxylic acids is 1. The normalized spacial score (nSPS) is 37.7. The van der Waals surface area contributed by atoms with Gasteiger partial charge in [-0.1, -0.05) is 13.8 Å². The van der Waals surface area contributed by atoms with Crippen LogP contribution >= 0.6 is 0 Å². The van der Waals surface area contributed by atoms with Crippen LogP contribution in [-0.2, 0) is 9.59 Å². The molecule has 0 aliphatic heterocycles. The SMILES string of the molecule is CC1CC(CC(=O)O)(NC=O)C1C. The van der Waals surface area contributed by atoms with Crippen LogP contribution in [0, 0.1) is 11.8 Å². The lowest BCUT2D eigenvalue weighted by Gasteiger charge is -2.51. The summed E-state index contributed by atoms with van der Waals surface area (Å²) in [5.41, 5.74) is -0.493. The third-order valence-electron chi connectivity index (χ3n) is 3.22. The van der Waals surface area contributed by atoms with Crippen LogP contribution in [0.3, 0.4) is 0 Å². The number of hydrogen-bond donors (Lipinski definition) is 2. The summed E-state index contributed by atoms with van der Waals surface area (Å²) in [5, 5.41) is 11.3. The van der Waals surface area contributed by atoms with Crippen molar-refractivity contribution >= 4 is 12.4 Å². The van der Waals surface area contributed by atoms with Crippen LogP contribution in [-0.4, -0.2) is 23.0 Å². The average molecular weight is 185 g/mol. The highest BCUT2D eigenvalue weighted by atomic mass is 16.4. The van der Waals surface area contributed by atoms with E-state index < -0.39 is 11.5 Å². The first-order valence-corrected chi connectivity index (χ1v) is 4.45. The van der Waals surface area contributed by atoms with Crippen molar-refractivity contribution in [1.29, 1.82) is 0 Å². The molecule has 74 valence electrons. The summed E-state index contributed by atoms with van der Waals surface area (Å²) in [5.74, 6) is -0.117. The molecule has 0 saturated heterocycles. The molecular weight excluding hydrogens is 170 g/mol. The fraction of sp³-hybridized carbons (Fsp3) is 0.778. The van der Waals surface area contributed by atoms with E-state index in [-0.39, 0.29) is 12.3 Å². The standard InChI is InChI=1S/C9H15NO3/c1-6-3-9(7(6)2,10-5-11)4-8(12)13/h5-7H,3-4H2,1-2H3,(H,10,11)(H,12,13).